The number of oxazole rings is 1. The smallest absolute Gasteiger partial charge is 0.307 e. The monoisotopic (exact) mass is 595 g/mol. The molecule has 1 aliphatic carbocycles. The number of carbonyl (C=O) groups is 1. The standard InChI is InChI=1S/C30H33N3O8S/c1-18-24-27(42-25(18)26-31-12-15-39-26)32-29(33(28(24)35)30(10-11-30)16-23(34)37-3)40-17-22(41-19-8-13-38-14-9-19)20-6-4-5-7-21(20)36-2/h4-7,12,15,19,22H,8-11,13-14,16-17H2,1-3H3. The molecule has 42 heavy (non-hydrogen) atoms. The first kappa shape index (κ1) is 28.4. The molecule has 11 nitrogen and oxygen atoms in total. The van der Waals surface area contributed by atoms with Crippen molar-refractivity contribution in [3.05, 3.63) is 58.2 Å². The predicted octanol–water partition coefficient (Wildman–Crippen LogP) is 4.80. The van der Waals surface area contributed by atoms with E-state index < -0.39 is 17.6 Å². The molecule has 1 saturated heterocycles. The summed E-state index contributed by atoms with van der Waals surface area (Å²) >= 11 is 1.32. The molecule has 6 rings (SSSR count). The lowest BCUT2D eigenvalue weighted by Gasteiger charge is -2.29. The third-order valence-electron chi connectivity index (χ3n) is 7.94. The van der Waals surface area contributed by atoms with Crippen molar-refractivity contribution in [1.29, 1.82) is 0 Å². The topological polar surface area (TPSA) is 124 Å². The SMILES string of the molecule is COC(=O)CC1(n2c(OCC(OC3CCOCC3)c3ccccc3OC)nc3sc(-c4ncco4)c(C)c3c2=O)CC1. The Hall–Kier alpha value is -3.74. The van der Waals surface area contributed by atoms with Gasteiger partial charge in [0.2, 0.25) is 5.89 Å². The van der Waals surface area contributed by atoms with E-state index in [1.54, 1.807) is 17.9 Å². The van der Waals surface area contributed by atoms with E-state index in [9.17, 15) is 9.59 Å². The van der Waals surface area contributed by atoms with Crippen molar-refractivity contribution in [3.8, 4) is 22.5 Å². The zero-order valence-electron chi connectivity index (χ0n) is 23.8. The number of benzene rings is 1. The van der Waals surface area contributed by atoms with Crippen molar-refractivity contribution in [1.82, 2.24) is 14.5 Å². The van der Waals surface area contributed by atoms with E-state index in [0.29, 0.717) is 47.9 Å². The molecule has 4 heterocycles. The molecule has 222 valence electrons. The molecule has 1 aromatic carbocycles. The maximum absolute atomic E-state index is 14.2. The van der Waals surface area contributed by atoms with E-state index in [1.807, 2.05) is 31.2 Å². The van der Waals surface area contributed by atoms with Gasteiger partial charge in [-0.15, -0.1) is 11.3 Å². The van der Waals surface area contributed by atoms with Crippen LogP contribution in [-0.2, 0) is 24.5 Å². The number of rotatable bonds is 11. The highest BCUT2D eigenvalue weighted by Crippen LogP contribution is 2.49. The Balaban J connectivity index is 1.42. The number of para-hydroxylation sites is 1. The number of hydrogen-bond donors (Lipinski definition) is 0. The highest BCUT2D eigenvalue weighted by atomic mass is 32.1. The largest absolute Gasteiger partial charge is 0.496 e. The zero-order chi connectivity index (χ0) is 29.3. The van der Waals surface area contributed by atoms with Gasteiger partial charge in [0.05, 0.1) is 48.7 Å². The van der Waals surface area contributed by atoms with Crippen LogP contribution in [0.3, 0.4) is 0 Å². The number of thiophene rings is 1. The Kier molecular flexibility index (Phi) is 8.02. The van der Waals surface area contributed by atoms with Gasteiger partial charge in [0.25, 0.3) is 5.56 Å². The summed E-state index contributed by atoms with van der Waals surface area (Å²) in [6, 6.07) is 7.78. The van der Waals surface area contributed by atoms with Crippen molar-refractivity contribution >= 4 is 27.5 Å². The second kappa shape index (κ2) is 11.9. The van der Waals surface area contributed by atoms with Crippen LogP contribution in [0.5, 0.6) is 11.8 Å². The Bertz CT molecular complexity index is 1620. The van der Waals surface area contributed by atoms with Crippen LogP contribution in [0.4, 0.5) is 0 Å². The first-order valence-electron chi connectivity index (χ1n) is 14.0. The summed E-state index contributed by atoms with van der Waals surface area (Å²) in [5, 5.41) is 0.455. The van der Waals surface area contributed by atoms with Crippen LogP contribution in [0.2, 0.25) is 0 Å². The molecule has 4 aromatic rings. The van der Waals surface area contributed by atoms with Crippen LogP contribution in [0.15, 0.2) is 45.9 Å². The Morgan fingerprint density at radius 2 is 2.00 bits per heavy atom. The summed E-state index contributed by atoms with van der Waals surface area (Å²) in [5.41, 5.74) is 0.496. The number of carbonyl (C=O) groups excluding carboxylic acids is 1. The quantitative estimate of drug-likeness (QED) is 0.223. The van der Waals surface area contributed by atoms with Gasteiger partial charge in [0.1, 0.15) is 29.6 Å². The molecular formula is C30H33N3O8S. The number of methoxy groups -OCH3 is 2. The highest BCUT2D eigenvalue weighted by Gasteiger charge is 2.50. The van der Waals surface area contributed by atoms with Crippen LogP contribution in [0.25, 0.3) is 21.0 Å². The normalized spacial score (nSPS) is 17.2. The average molecular weight is 596 g/mol. The Morgan fingerprint density at radius 1 is 1.21 bits per heavy atom. The molecule has 1 saturated carbocycles. The molecule has 1 unspecified atom stereocenters. The molecule has 0 amide bonds. The summed E-state index contributed by atoms with van der Waals surface area (Å²) in [7, 11) is 2.96. The molecule has 2 aliphatic rings. The molecule has 0 spiro atoms. The Labute approximate surface area is 246 Å². The third-order valence-corrected chi connectivity index (χ3v) is 9.11. The van der Waals surface area contributed by atoms with Gasteiger partial charge in [-0.2, -0.15) is 4.98 Å². The number of ether oxygens (including phenoxy) is 5. The van der Waals surface area contributed by atoms with E-state index in [-0.39, 0.29) is 30.7 Å². The number of hydrogen-bond acceptors (Lipinski definition) is 11. The fraction of sp³-hybridized carbons (Fsp3) is 0.467. The minimum Gasteiger partial charge on any atom is -0.496 e. The van der Waals surface area contributed by atoms with Crippen molar-refractivity contribution in [2.24, 2.45) is 0 Å². The van der Waals surface area contributed by atoms with Crippen LogP contribution in [0, 0.1) is 6.92 Å². The summed E-state index contributed by atoms with van der Waals surface area (Å²) in [4.78, 5) is 37.0. The fourth-order valence-corrected chi connectivity index (χ4v) is 6.62. The van der Waals surface area contributed by atoms with Crippen LogP contribution in [0.1, 0.15) is 49.3 Å². The highest BCUT2D eigenvalue weighted by molar-refractivity contribution is 7.22. The van der Waals surface area contributed by atoms with Crippen molar-refractivity contribution in [2.45, 2.75) is 56.8 Å². The average Bonchev–Trinajstić information content (AvgIpc) is 3.40. The van der Waals surface area contributed by atoms with Gasteiger partial charge < -0.3 is 28.1 Å². The number of nitrogens with zero attached hydrogens (tertiary/aromatic N) is 3. The molecule has 0 N–H and O–H groups in total. The molecular weight excluding hydrogens is 562 g/mol. The Morgan fingerprint density at radius 3 is 2.69 bits per heavy atom. The molecule has 0 bridgehead atoms. The van der Waals surface area contributed by atoms with Crippen molar-refractivity contribution in [3.63, 3.8) is 0 Å². The van der Waals surface area contributed by atoms with Gasteiger partial charge in [-0.3, -0.25) is 14.2 Å². The summed E-state index contributed by atoms with van der Waals surface area (Å²) in [6.07, 6.45) is 5.34. The van der Waals surface area contributed by atoms with Gasteiger partial charge >= 0.3 is 12.0 Å². The minimum absolute atomic E-state index is 0.0210. The maximum atomic E-state index is 14.2. The van der Waals surface area contributed by atoms with Gasteiger partial charge in [-0.25, -0.2) is 4.98 Å². The number of aromatic nitrogens is 3. The predicted molar refractivity (Wildman–Crippen MR) is 154 cm³/mol. The van der Waals surface area contributed by atoms with Crippen molar-refractivity contribution in [2.75, 3.05) is 34.0 Å². The fourth-order valence-electron chi connectivity index (χ4n) is 5.51. The molecule has 1 aliphatic heterocycles. The van der Waals surface area contributed by atoms with Crippen molar-refractivity contribution < 1.29 is 32.9 Å². The number of aryl methyl sites for hydroxylation is 1. The van der Waals surface area contributed by atoms with Gasteiger partial charge in [0, 0.05) is 18.8 Å². The molecule has 2 fully saturated rings. The van der Waals surface area contributed by atoms with Crippen LogP contribution < -0.4 is 15.0 Å². The molecule has 1 atom stereocenters. The van der Waals surface area contributed by atoms with Gasteiger partial charge in [-0.1, -0.05) is 18.2 Å². The van der Waals surface area contributed by atoms with E-state index in [0.717, 1.165) is 28.8 Å². The first-order valence-corrected chi connectivity index (χ1v) is 14.8. The van der Waals surface area contributed by atoms with E-state index >= 15 is 0 Å². The van der Waals surface area contributed by atoms with E-state index in [1.165, 1.54) is 24.7 Å². The van der Waals surface area contributed by atoms with Crippen LogP contribution in [-0.4, -0.2) is 60.6 Å². The maximum Gasteiger partial charge on any atom is 0.307 e. The summed E-state index contributed by atoms with van der Waals surface area (Å²) < 4.78 is 36.2. The molecule has 12 heteroatoms. The van der Waals surface area contributed by atoms with Gasteiger partial charge in [0.15, 0.2) is 0 Å². The number of esters is 1. The molecule has 0 radical (unpaired) electrons. The molecule has 3 aromatic heterocycles. The zero-order valence-corrected chi connectivity index (χ0v) is 24.6. The summed E-state index contributed by atoms with van der Waals surface area (Å²) in [5.74, 6) is 0.691. The summed E-state index contributed by atoms with van der Waals surface area (Å²) in [6.45, 7) is 3.18. The van der Waals surface area contributed by atoms with Gasteiger partial charge in [-0.05, 0) is 44.2 Å². The lowest BCUT2D eigenvalue weighted by Crippen LogP contribution is -2.35. The lowest BCUT2D eigenvalue weighted by atomic mass is 10.1. The second-order valence-electron chi connectivity index (χ2n) is 10.6. The minimum atomic E-state index is -0.778. The lowest BCUT2D eigenvalue weighted by molar-refractivity contribution is -0.141. The van der Waals surface area contributed by atoms with Crippen LogP contribution >= 0.6 is 11.3 Å². The second-order valence-corrected chi connectivity index (χ2v) is 11.6. The van der Waals surface area contributed by atoms with E-state index in [2.05, 4.69) is 4.98 Å². The van der Waals surface area contributed by atoms with E-state index in [4.69, 9.17) is 33.1 Å². The third kappa shape index (κ3) is 5.41. The first-order chi connectivity index (χ1) is 20.4. The number of fused-ring (bicyclic) bond motifs is 1.